The minimum absolute atomic E-state index is 0.0951. The number of thiazole rings is 1. The largest absolute Gasteiger partial charge is 0.493 e. The van der Waals surface area contributed by atoms with Crippen LogP contribution >= 0.6 is 22.9 Å². The van der Waals surface area contributed by atoms with Crippen molar-refractivity contribution in [3.8, 4) is 11.5 Å². The fraction of sp³-hybridized carbons (Fsp3) is 0.219. The molecule has 0 aliphatic carbocycles. The number of hydrogen-bond acceptors (Lipinski definition) is 7. The van der Waals surface area contributed by atoms with Gasteiger partial charge < -0.3 is 14.2 Å². The van der Waals surface area contributed by atoms with Crippen molar-refractivity contribution in [2.24, 2.45) is 4.99 Å². The minimum atomic E-state index is -0.886. The predicted molar refractivity (Wildman–Crippen MR) is 160 cm³/mol. The van der Waals surface area contributed by atoms with Gasteiger partial charge in [0, 0.05) is 5.56 Å². The van der Waals surface area contributed by atoms with Gasteiger partial charge in [0.05, 0.1) is 40.1 Å². The van der Waals surface area contributed by atoms with Gasteiger partial charge in [-0.3, -0.25) is 9.36 Å². The molecule has 3 aromatic carbocycles. The van der Waals surface area contributed by atoms with E-state index in [-0.39, 0.29) is 20.7 Å². The third-order valence-corrected chi connectivity index (χ3v) is 7.91. The molecule has 1 atom stereocenters. The topological polar surface area (TPSA) is 79.1 Å². The maximum atomic E-state index is 14.6. The third-order valence-electron chi connectivity index (χ3n) is 6.60. The van der Waals surface area contributed by atoms with Gasteiger partial charge in [0.1, 0.15) is 12.4 Å². The molecule has 10 heteroatoms. The van der Waals surface area contributed by atoms with Gasteiger partial charge >= 0.3 is 5.97 Å². The summed E-state index contributed by atoms with van der Waals surface area (Å²) in [6.07, 6.45) is 1.01. The van der Waals surface area contributed by atoms with Crippen LogP contribution in [0.2, 0.25) is 5.02 Å². The van der Waals surface area contributed by atoms with E-state index in [4.69, 9.17) is 25.8 Å². The molecule has 2 heterocycles. The molecule has 4 aromatic rings. The number of halogens is 2. The summed E-state index contributed by atoms with van der Waals surface area (Å²) in [5.74, 6) is -0.224. The maximum Gasteiger partial charge on any atom is 0.338 e. The summed E-state index contributed by atoms with van der Waals surface area (Å²) in [4.78, 5) is 32.2. The fourth-order valence-electron chi connectivity index (χ4n) is 4.66. The molecular weight excluding hydrogens is 579 g/mol. The quantitative estimate of drug-likeness (QED) is 0.245. The monoisotopic (exact) mass is 606 g/mol. The first-order chi connectivity index (χ1) is 20.2. The average Bonchev–Trinajstić information content (AvgIpc) is 3.27. The van der Waals surface area contributed by atoms with Crippen molar-refractivity contribution in [1.82, 2.24) is 4.57 Å². The van der Waals surface area contributed by atoms with Crippen LogP contribution < -0.4 is 24.4 Å². The van der Waals surface area contributed by atoms with Crippen LogP contribution in [0.4, 0.5) is 4.39 Å². The van der Waals surface area contributed by atoms with E-state index in [0.29, 0.717) is 34.2 Å². The van der Waals surface area contributed by atoms with Crippen LogP contribution in [0.3, 0.4) is 0 Å². The molecule has 1 aromatic heterocycles. The SMILES string of the molecule is COc1cc(C2C(C(=O)OC(C)C)=C(C)N=c3s/c(=C\c4c(F)cccc4Cl)c(=O)n32)ccc1OCc1ccccc1. The first kappa shape index (κ1) is 29.3. The summed E-state index contributed by atoms with van der Waals surface area (Å²) in [6, 6.07) is 18.4. The zero-order valence-electron chi connectivity index (χ0n) is 23.4. The number of esters is 1. The molecule has 1 aliphatic rings. The second kappa shape index (κ2) is 12.3. The molecule has 0 N–H and O–H groups in total. The highest BCUT2D eigenvalue weighted by Crippen LogP contribution is 2.36. The smallest absolute Gasteiger partial charge is 0.338 e. The molecule has 5 rings (SSSR count). The average molecular weight is 607 g/mol. The molecule has 0 saturated heterocycles. The highest BCUT2D eigenvalue weighted by molar-refractivity contribution is 7.07. The fourth-order valence-corrected chi connectivity index (χ4v) is 5.91. The standard InChI is InChI=1S/C32H28ClFN2O5S/c1-18(2)41-31(38)28-19(3)35-32-36(30(37)27(42-32)16-22-23(33)11-8-12-24(22)34)29(28)21-13-14-25(26(15-21)39-4)40-17-20-9-6-5-7-10-20/h5-16,18,29H,17H2,1-4H3/b27-16-. The van der Waals surface area contributed by atoms with Crippen molar-refractivity contribution in [1.29, 1.82) is 0 Å². The second-order valence-corrected chi connectivity index (χ2v) is 11.3. The number of fused-ring (bicyclic) bond motifs is 1. The molecule has 216 valence electrons. The molecular formula is C32H28ClFN2O5S. The van der Waals surface area contributed by atoms with Crippen LogP contribution in [-0.4, -0.2) is 23.8 Å². The Balaban J connectivity index is 1.65. The van der Waals surface area contributed by atoms with Crippen LogP contribution in [-0.2, 0) is 16.1 Å². The summed E-state index contributed by atoms with van der Waals surface area (Å²) in [5, 5.41) is 0.172. The van der Waals surface area contributed by atoms with E-state index < -0.39 is 29.5 Å². The highest BCUT2D eigenvalue weighted by atomic mass is 35.5. The number of methoxy groups -OCH3 is 1. The van der Waals surface area contributed by atoms with Crippen molar-refractivity contribution in [2.45, 2.75) is 39.5 Å². The number of ether oxygens (including phenoxy) is 3. The van der Waals surface area contributed by atoms with E-state index >= 15 is 0 Å². The zero-order chi connectivity index (χ0) is 30.0. The molecule has 0 spiro atoms. The number of nitrogens with zero attached hydrogens (tertiary/aromatic N) is 2. The van der Waals surface area contributed by atoms with Gasteiger partial charge in [-0.15, -0.1) is 0 Å². The molecule has 0 fully saturated rings. The molecule has 0 saturated carbocycles. The van der Waals surface area contributed by atoms with Crippen molar-refractivity contribution in [3.05, 3.63) is 125 Å². The molecule has 42 heavy (non-hydrogen) atoms. The minimum Gasteiger partial charge on any atom is -0.493 e. The number of rotatable bonds is 8. The van der Waals surface area contributed by atoms with Crippen molar-refractivity contribution < 1.29 is 23.4 Å². The van der Waals surface area contributed by atoms with Gasteiger partial charge in [-0.1, -0.05) is 65.4 Å². The Hall–Kier alpha value is -4.21. The zero-order valence-corrected chi connectivity index (χ0v) is 25.0. The van der Waals surface area contributed by atoms with Gasteiger partial charge in [-0.25, -0.2) is 14.2 Å². The van der Waals surface area contributed by atoms with Gasteiger partial charge in [-0.05, 0) is 62.2 Å². The summed E-state index contributed by atoms with van der Waals surface area (Å²) < 4.78 is 33.5. The Bertz CT molecular complexity index is 1840. The van der Waals surface area contributed by atoms with Crippen LogP contribution in [0.15, 0.2) is 87.8 Å². The summed E-state index contributed by atoms with van der Waals surface area (Å²) in [7, 11) is 1.52. The Kier molecular flexibility index (Phi) is 8.61. The number of aromatic nitrogens is 1. The summed E-state index contributed by atoms with van der Waals surface area (Å²) >= 11 is 7.32. The number of hydrogen-bond donors (Lipinski definition) is 0. The molecule has 0 amide bonds. The van der Waals surface area contributed by atoms with Crippen molar-refractivity contribution >= 4 is 35.0 Å². The molecule has 1 unspecified atom stereocenters. The van der Waals surface area contributed by atoms with E-state index in [0.717, 1.165) is 16.9 Å². The second-order valence-electron chi connectivity index (χ2n) is 9.86. The Morgan fingerprint density at radius 1 is 1.12 bits per heavy atom. The Labute approximate surface area is 250 Å². The third kappa shape index (κ3) is 5.89. The van der Waals surface area contributed by atoms with Gasteiger partial charge in [0.2, 0.25) is 0 Å². The lowest BCUT2D eigenvalue weighted by Gasteiger charge is -2.26. The lowest BCUT2D eigenvalue weighted by atomic mass is 9.95. The van der Waals surface area contributed by atoms with Gasteiger partial charge in [0.15, 0.2) is 16.3 Å². The van der Waals surface area contributed by atoms with Crippen molar-refractivity contribution in [3.63, 3.8) is 0 Å². The Morgan fingerprint density at radius 2 is 1.88 bits per heavy atom. The number of carbonyl (C=O) groups excluding carboxylic acids is 1. The van der Waals surface area contributed by atoms with E-state index in [2.05, 4.69) is 4.99 Å². The number of benzene rings is 3. The molecule has 0 bridgehead atoms. The van der Waals surface area contributed by atoms with E-state index in [1.165, 1.54) is 29.9 Å². The van der Waals surface area contributed by atoms with E-state index in [1.54, 1.807) is 45.0 Å². The number of carbonyl (C=O) groups is 1. The Morgan fingerprint density at radius 3 is 2.57 bits per heavy atom. The molecule has 0 radical (unpaired) electrons. The summed E-state index contributed by atoms with van der Waals surface area (Å²) in [5.41, 5.74) is 1.84. The van der Waals surface area contributed by atoms with Gasteiger partial charge in [-0.2, -0.15) is 0 Å². The lowest BCUT2D eigenvalue weighted by Crippen LogP contribution is -2.40. The van der Waals surface area contributed by atoms with E-state index in [1.807, 2.05) is 30.3 Å². The van der Waals surface area contributed by atoms with Crippen LogP contribution in [0.1, 0.15) is 43.5 Å². The highest BCUT2D eigenvalue weighted by Gasteiger charge is 2.34. The van der Waals surface area contributed by atoms with E-state index in [9.17, 15) is 14.0 Å². The molecule has 7 nitrogen and oxygen atoms in total. The number of allylic oxidation sites excluding steroid dienone is 1. The predicted octanol–water partition coefficient (Wildman–Crippen LogP) is 5.57. The van der Waals surface area contributed by atoms with Crippen LogP contribution in [0, 0.1) is 5.82 Å². The van der Waals surface area contributed by atoms with Gasteiger partial charge in [0.25, 0.3) is 5.56 Å². The maximum absolute atomic E-state index is 14.6. The normalized spacial score (nSPS) is 14.9. The van der Waals surface area contributed by atoms with Crippen molar-refractivity contribution in [2.75, 3.05) is 7.11 Å². The van der Waals surface area contributed by atoms with Crippen LogP contribution in [0.5, 0.6) is 11.5 Å². The summed E-state index contributed by atoms with van der Waals surface area (Å²) in [6.45, 7) is 5.52. The first-order valence-corrected chi connectivity index (χ1v) is 14.4. The first-order valence-electron chi connectivity index (χ1n) is 13.2. The molecule has 1 aliphatic heterocycles. The van der Waals surface area contributed by atoms with Crippen LogP contribution in [0.25, 0.3) is 6.08 Å². The lowest BCUT2D eigenvalue weighted by molar-refractivity contribution is -0.143.